The Balaban J connectivity index is 1.67. The predicted octanol–water partition coefficient (Wildman–Crippen LogP) is 1.10. The number of rotatable bonds is 11. The van der Waals surface area contributed by atoms with Gasteiger partial charge in [-0.1, -0.05) is 0 Å². The molecule has 0 saturated heterocycles. The number of nitrogens with one attached hydrogen (secondary N) is 1. The average molecular weight is 523 g/mol. The Morgan fingerprint density at radius 3 is 2.71 bits per heavy atom. The Hall–Kier alpha value is -3.10. The number of sulfonamides is 1. The van der Waals surface area contributed by atoms with Crippen LogP contribution in [0.3, 0.4) is 0 Å². The Morgan fingerprint density at radius 2 is 2.03 bits per heavy atom. The van der Waals surface area contributed by atoms with Crippen LogP contribution in [0.4, 0.5) is 0 Å². The number of ketones is 1. The second-order valence-corrected chi connectivity index (χ2v) is 10.1. The molecule has 1 aliphatic heterocycles. The van der Waals surface area contributed by atoms with Gasteiger partial charge in [0.2, 0.25) is 10.0 Å². The van der Waals surface area contributed by atoms with Crippen molar-refractivity contribution in [1.29, 1.82) is 0 Å². The zero-order valence-electron chi connectivity index (χ0n) is 19.1. The molecule has 0 amide bonds. The van der Waals surface area contributed by atoms with Gasteiger partial charge in [-0.25, -0.2) is 17.9 Å². The maximum absolute atomic E-state index is 13.2. The van der Waals surface area contributed by atoms with Crippen LogP contribution in [0.1, 0.15) is 26.5 Å². The first-order valence-corrected chi connectivity index (χ1v) is 12.8. The van der Waals surface area contributed by atoms with Crippen molar-refractivity contribution in [1.82, 2.24) is 4.72 Å². The van der Waals surface area contributed by atoms with E-state index >= 15 is 0 Å². The molecule has 188 valence electrons. The van der Waals surface area contributed by atoms with Gasteiger partial charge < -0.3 is 25.7 Å². The van der Waals surface area contributed by atoms with Crippen molar-refractivity contribution >= 4 is 39.3 Å². The second-order valence-electron chi connectivity index (χ2n) is 7.47. The molecule has 35 heavy (non-hydrogen) atoms. The summed E-state index contributed by atoms with van der Waals surface area (Å²) in [6.45, 7) is 0.0985. The molecule has 0 aliphatic carbocycles. The summed E-state index contributed by atoms with van der Waals surface area (Å²) in [5.74, 6) is -0.508. The van der Waals surface area contributed by atoms with Crippen molar-refractivity contribution in [3.63, 3.8) is 0 Å². The first kappa shape index (κ1) is 26.5. The number of ether oxygens (including phenoxy) is 3. The fourth-order valence-electron chi connectivity index (χ4n) is 3.23. The smallest absolute Gasteiger partial charge is 0.349 e. The summed E-state index contributed by atoms with van der Waals surface area (Å²) in [5, 5.41) is 1.49. The van der Waals surface area contributed by atoms with Crippen molar-refractivity contribution in [2.24, 2.45) is 16.5 Å². The molecular weight excluding hydrogens is 496 g/mol. The van der Waals surface area contributed by atoms with E-state index in [4.69, 9.17) is 20.9 Å². The molecule has 13 heteroatoms. The molecule has 2 heterocycles. The minimum Gasteiger partial charge on any atom is -0.497 e. The quantitative estimate of drug-likeness (QED) is 0.222. The highest BCUT2D eigenvalue weighted by Crippen LogP contribution is 2.29. The van der Waals surface area contributed by atoms with Crippen LogP contribution in [0, 0.1) is 0 Å². The molecule has 0 radical (unpaired) electrons. The van der Waals surface area contributed by atoms with Crippen molar-refractivity contribution in [2.75, 3.05) is 27.4 Å². The van der Waals surface area contributed by atoms with Gasteiger partial charge in [-0.05, 0) is 36.1 Å². The van der Waals surface area contributed by atoms with Crippen LogP contribution in [0.5, 0.6) is 11.5 Å². The second kappa shape index (κ2) is 11.1. The van der Waals surface area contributed by atoms with Crippen LogP contribution in [0.25, 0.3) is 0 Å². The minimum absolute atomic E-state index is 0.00786. The Kier molecular flexibility index (Phi) is 8.40. The number of thiophene rings is 1. The van der Waals surface area contributed by atoms with Gasteiger partial charge in [-0.15, -0.1) is 11.3 Å². The van der Waals surface area contributed by atoms with Gasteiger partial charge in [-0.3, -0.25) is 9.79 Å². The lowest BCUT2D eigenvalue weighted by Gasteiger charge is -2.30. The van der Waals surface area contributed by atoms with Crippen LogP contribution in [0.15, 0.2) is 51.8 Å². The predicted molar refractivity (Wildman–Crippen MR) is 131 cm³/mol. The maximum atomic E-state index is 13.2. The minimum atomic E-state index is -3.93. The summed E-state index contributed by atoms with van der Waals surface area (Å²) in [6.07, 6.45) is 4.51. The monoisotopic (exact) mass is 522 g/mol. The lowest BCUT2D eigenvalue weighted by atomic mass is 9.83. The SMILES string of the molecule is COC(=O)c1sccc1S(=O)(=O)NCCCOc1cc(OC)ccc1C(=O)C1(N)C=CN=CC1N. The van der Waals surface area contributed by atoms with Gasteiger partial charge in [0.25, 0.3) is 0 Å². The van der Waals surface area contributed by atoms with E-state index in [1.54, 1.807) is 12.1 Å². The molecule has 5 N–H and O–H groups in total. The Bertz CT molecular complexity index is 1260. The normalized spacial score (nSPS) is 19.4. The van der Waals surface area contributed by atoms with E-state index < -0.39 is 33.4 Å². The standard InChI is InChI=1S/C22H26N4O7S2/c1-31-14-4-5-15(20(27)22(24)7-9-25-13-18(22)23)16(12-14)33-10-3-8-26-35(29,30)17-6-11-34-19(17)21(28)32-2/h4-7,9,11-13,18,26H,3,8,10,23-24H2,1-2H3. The van der Waals surface area contributed by atoms with Gasteiger partial charge in [-0.2, -0.15) is 0 Å². The molecule has 0 fully saturated rings. The first-order chi connectivity index (χ1) is 16.6. The molecule has 0 bridgehead atoms. The van der Waals surface area contributed by atoms with E-state index in [-0.39, 0.29) is 40.7 Å². The molecule has 2 atom stereocenters. The van der Waals surface area contributed by atoms with Gasteiger partial charge in [0.05, 0.1) is 32.4 Å². The van der Waals surface area contributed by atoms with Crippen LogP contribution in [-0.4, -0.2) is 65.3 Å². The number of carbonyl (C=O) groups excluding carboxylic acids is 2. The van der Waals surface area contributed by atoms with Gasteiger partial charge >= 0.3 is 5.97 Å². The van der Waals surface area contributed by atoms with Gasteiger partial charge in [0.15, 0.2) is 5.78 Å². The summed E-state index contributed by atoms with van der Waals surface area (Å²) in [6, 6.07) is 5.19. The van der Waals surface area contributed by atoms with Gasteiger partial charge in [0, 0.05) is 25.0 Å². The summed E-state index contributed by atoms with van der Waals surface area (Å²) >= 11 is 0.975. The number of hydrogen-bond acceptors (Lipinski definition) is 11. The number of hydrogen-bond donors (Lipinski definition) is 3. The lowest BCUT2D eigenvalue weighted by molar-refractivity contribution is 0.0602. The molecule has 2 unspecified atom stereocenters. The van der Waals surface area contributed by atoms with E-state index in [0.29, 0.717) is 5.75 Å². The lowest BCUT2D eigenvalue weighted by Crippen LogP contribution is -2.61. The fraction of sp³-hybridized carbons (Fsp3) is 0.318. The van der Waals surface area contributed by atoms with E-state index in [1.165, 1.54) is 50.2 Å². The molecule has 0 spiro atoms. The third-order valence-electron chi connectivity index (χ3n) is 5.22. The number of Topliss-reactive ketones (excluding diaryl/α,β-unsaturated/α-hetero) is 1. The number of benzene rings is 1. The van der Waals surface area contributed by atoms with E-state index in [0.717, 1.165) is 11.3 Å². The average Bonchev–Trinajstić information content (AvgIpc) is 3.36. The van der Waals surface area contributed by atoms with Crippen molar-refractivity contribution < 1.29 is 32.2 Å². The third kappa shape index (κ3) is 5.77. The van der Waals surface area contributed by atoms with E-state index in [9.17, 15) is 18.0 Å². The summed E-state index contributed by atoms with van der Waals surface area (Å²) in [4.78, 5) is 28.8. The molecule has 0 saturated carbocycles. The summed E-state index contributed by atoms with van der Waals surface area (Å²) in [7, 11) is -1.27. The number of aliphatic imine (C=N–C) groups is 1. The first-order valence-electron chi connectivity index (χ1n) is 10.4. The molecule has 11 nitrogen and oxygen atoms in total. The number of esters is 1. The molecule has 1 aliphatic rings. The zero-order chi connectivity index (χ0) is 25.6. The van der Waals surface area contributed by atoms with E-state index in [1.807, 2.05) is 0 Å². The molecule has 3 rings (SSSR count). The molecule has 1 aromatic heterocycles. The highest BCUT2D eigenvalue weighted by molar-refractivity contribution is 7.89. The maximum Gasteiger partial charge on any atom is 0.349 e. The molecule has 1 aromatic carbocycles. The van der Waals surface area contributed by atoms with Crippen LogP contribution < -0.4 is 25.7 Å². The van der Waals surface area contributed by atoms with Crippen LogP contribution >= 0.6 is 11.3 Å². The largest absolute Gasteiger partial charge is 0.497 e. The van der Waals surface area contributed by atoms with Gasteiger partial charge in [0.1, 0.15) is 26.8 Å². The number of methoxy groups -OCH3 is 2. The third-order valence-corrected chi connectivity index (χ3v) is 7.75. The van der Waals surface area contributed by atoms with Crippen LogP contribution in [0.2, 0.25) is 0 Å². The number of nitrogens with zero attached hydrogens (tertiary/aromatic N) is 1. The summed E-state index contributed by atoms with van der Waals surface area (Å²) in [5.41, 5.74) is 11.0. The zero-order valence-corrected chi connectivity index (χ0v) is 20.7. The molecular formula is C22H26N4O7S2. The van der Waals surface area contributed by atoms with Crippen molar-refractivity contribution in [3.8, 4) is 11.5 Å². The number of nitrogens with two attached hydrogens (primary N) is 2. The Morgan fingerprint density at radius 1 is 1.26 bits per heavy atom. The van der Waals surface area contributed by atoms with Crippen molar-refractivity contribution in [3.05, 3.63) is 52.4 Å². The van der Waals surface area contributed by atoms with Crippen LogP contribution in [-0.2, 0) is 14.8 Å². The number of carbonyl (C=O) groups is 2. The topological polar surface area (TPSA) is 172 Å². The summed E-state index contributed by atoms with van der Waals surface area (Å²) < 4.78 is 43.2. The molecule has 2 aromatic rings. The van der Waals surface area contributed by atoms with Crippen molar-refractivity contribution in [2.45, 2.75) is 22.9 Å². The highest BCUT2D eigenvalue weighted by atomic mass is 32.2. The van der Waals surface area contributed by atoms with E-state index in [2.05, 4.69) is 14.5 Å². The fourth-order valence-corrected chi connectivity index (χ4v) is 5.64. The Labute approximate surface area is 206 Å². The highest BCUT2D eigenvalue weighted by Gasteiger charge is 2.40.